The summed E-state index contributed by atoms with van der Waals surface area (Å²) in [5.74, 6) is 1.10. The van der Waals surface area contributed by atoms with Gasteiger partial charge in [-0.25, -0.2) is 4.98 Å². The van der Waals surface area contributed by atoms with E-state index in [1.165, 1.54) is 28.7 Å². The minimum Gasteiger partial charge on any atom is -0.489 e. The first-order valence-corrected chi connectivity index (χ1v) is 8.97. The lowest BCUT2D eigenvalue weighted by molar-refractivity contribution is 0.103. The van der Waals surface area contributed by atoms with Crippen LogP contribution in [0, 0.1) is 13.8 Å². The minimum atomic E-state index is -0.197. The highest BCUT2D eigenvalue weighted by Gasteiger charge is 2.10. The number of nitrogens with zero attached hydrogens (tertiary/aromatic N) is 1. The van der Waals surface area contributed by atoms with Gasteiger partial charge in [0, 0.05) is 11.8 Å². The van der Waals surface area contributed by atoms with Gasteiger partial charge in [0.15, 0.2) is 0 Å². The van der Waals surface area contributed by atoms with E-state index >= 15 is 0 Å². The van der Waals surface area contributed by atoms with Gasteiger partial charge in [0.2, 0.25) is 0 Å². The van der Waals surface area contributed by atoms with Crippen LogP contribution in [-0.4, -0.2) is 10.9 Å². The predicted octanol–water partition coefficient (Wildman–Crippen LogP) is 5.24. The van der Waals surface area contributed by atoms with E-state index in [9.17, 15) is 4.79 Å². The first kappa shape index (κ1) is 17.5. The summed E-state index contributed by atoms with van der Waals surface area (Å²) in [6, 6.07) is 11.2. The molecule has 0 saturated heterocycles. The van der Waals surface area contributed by atoms with Gasteiger partial charge in [-0.2, -0.15) is 0 Å². The molecule has 4 nitrogen and oxygen atoms in total. The molecule has 0 spiro atoms. The highest BCUT2D eigenvalue weighted by atomic mass is 35.5. The second kappa shape index (κ2) is 7.68. The summed E-state index contributed by atoms with van der Waals surface area (Å²) >= 11 is 7.16. The standard InChI is InChI=1S/C19H17ClN2O2S/c1-12-3-5-16(7-13(12)2)24-10-14-8-17(25-11-14)19(23)22-18-6-4-15(20)9-21-18/h3-9,11H,10H2,1-2H3,(H,21,22,23). The smallest absolute Gasteiger partial charge is 0.266 e. The van der Waals surface area contributed by atoms with Gasteiger partial charge in [0.05, 0.1) is 9.90 Å². The average Bonchev–Trinajstić information content (AvgIpc) is 3.07. The largest absolute Gasteiger partial charge is 0.489 e. The van der Waals surface area contributed by atoms with Crippen LogP contribution in [-0.2, 0) is 6.61 Å². The zero-order valence-electron chi connectivity index (χ0n) is 13.9. The van der Waals surface area contributed by atoms with Crippen molar-refractivity contribution < 1.29 is 9.53 Å². The summed E-state index contributed by atoms with van der Waals surface area (Å²) in [5.41, 5.74) is 3.38. The highest BCUT2D eigenvalue weighted by molar-refractivity contribution is 7.12. The molecule has 0 radical (unpaired) electrons. The normalized spacial score (nSPS) is 10.5. The summed E-state index contributed by atoms with van der Waals surface area (Å²) in [4.78, 5) is 16.9. The van der Waals surface area contributed by atoms with E-state index in [0.29, 0.717) is 22.3 Å². The maximum absolute atomic E-state index is 12.3. The van der Waals surface area contributed by atoms with Crippen molar-refractivity contribution in [1.82, 2.24) is 4.98 Å². The van der Waals surface area contributed by atoms with E-state index in [0.717, 1.165) is 11.3 Å². The number of rotatable bonds is 5. The summed E-state index contributed by atoms with van der Waals surface area (Å²) in [7, 11) is 0. The molecule has 0 aliphatic carbocycles. The van der Waals surface area contributed by atoms with Crippen LogP contribution >= 0.6 is 22.9 Å². The number of aromatic nitrogens is 1. The molecule has 0 aliphatic heterocycles. The second-order valence-corrected chi connectivity index (χ2v) is 7.02. The van der Waals surface area contributed by atoms with Crippen molar-refractivity contribution in [3.63, 3.8) is 0 Å². The molecule has 2 heterocycles. The molecule has 6 heteroatoms. The van der Waals surface area contributed by atoms with E-state index in [1.54, 1.807) is 12.1 Å². The van der Waals surface area contributed by atoms with E-state index in [1.807, 2.05) is 29.6 Å². The van der Waals surface area contributed by atoms with Crippen molar-refractivity contribution in [2.75, 3.05) is 5.32 Å². The van der Waals surface area contributed by atoms with E-state index in [-0.39, 0.29) is 5.91 Å². The molecule has 1 amide bonds. The molecule has 3 aromatic rings. The molecule has 3 rings (SSSR count). The maximum atomic E-state index is 12.3. The Morgan fingerprint density at radius 1 is 1.20 bits per heavy atom. The summed E-state index contributed by atoms with van der Waals surface area (Å²) < 4.78 is 5.80. The number of carbonyl (C=O) groups excluding carboxylic acids is 1. The number of aryl methyl sites for hydroxylation is 2. The van der Waals surface area contributed by atoms with Crippen LogP contribution in [0.25, 0.3) is 0 Å². The molecule has 0 bridgehead atoms. The van der Waals surface area contributed by atoms with E-state index in [4.69, 9.17) is 16.3 Å². The van der Waals surface area contributed by atoms with Crippen LogP contribution in [0.1, 0.15) is 26.4 Å². The number of pyridine rings is 1. The SMILES string of the molecule is Cc1ccc(OCc2csc(C(=O)Nc3ccc(Cl)cn3)c2)cc1C. The third-order valence-corrected chi connectivity index (χ3v) is 4.93. The van der Waals surface area contributed by atoms with E-state index in [2.05, 4.69) is 24.1 Å². The van der Waals surface area contributed by atoms with Gasteiger partial charge in [-0.1, -0.05) is 17.7 Å². The second-order valence-electron chi connectivity index (χ2n) is 5.67. The van der Waals surface area contributed by atoms with Crippen molar-refractivity contribution in [3.8, 4) is 5.75 Å². The lowest BCUT2D eigenvalue weighted by Crippen LogP contribution is -2.11. The van der Waals surface area contributed by atoms with Gasteiger partial charge in [-0.3, -0.25) is 4.79 Å². The van der Waals surface area contributed by atoms with Crippen molar-refractivity contribution in [3.05, 3.63) is 74.6 Å². The van der Waals surface area contributed by atoms with Crippen LogP contribution < -0.4 is 10.1 Å². The van der Waals surface area contributed by atoms with Gasteiger partial charge < -0.3 is 10.1 Å². The fourth-order valence-corrected chi connectivity index (χ4v) is 3.07. The van der Waals surface area contributed by atoms with E-state index < -0.39 is 0 Å². The number of ether oxygens (including phenoxy) is 1. The van der Waals surface area contributed by atoms with Gasteiger partial charge in [-0.15, -0.1) is 11.3 Å². The van der Waals surface area contributed by atoms with Crippen LogP contribution in [0.4, 0.5) is 5.82 Å². The maximum Gasteiger partial charge on any atom is 0.266 e. The number of halogens is 1. The molecule has 0 atom stereocenters. The third-order valence-electron chi connectivity index (χ3n) is 3.73. The molecule has 0 aliphatic rings. The molecule has 2 aromatic heterocycles. The molecular weight excluding hydrogens is 356 g/mol. The van der Waals surface area contributed by atoms with Crippen LogP contribution in [0.5, 0.6) is 5.75 Å². The molecule has 1 aromatic carbocycles. The van der Waals surface area contributed by atoms with Crippen molar-refractivity contribution in [2.24, 2.45) is 0 Å². The highest BCUT2D eigenvalue weighted by Crippen LogP contribution is 2.21. The molecule has 0 unspecified atom stereocenters. The van der Waals surface area contributed by atoms with Crippen molar-refractivity contribution in [2.45, 2.75) is 20.5 Å². The fourth-order valence-electron chi connectivity index (χ4n) is 2.17. The Kier molecular flexibility index (Phi) is 5.36. The van der Waals surface area contributed by atoms with Crippen LogP contribution in [0.15, 0.2) is 48.0 Å². The molecule has 1 N–H and O–H groups in total. The quantitative estimate of drug-likeness (QED) is 0.665. The van der Waals surface area contributed by atoms with Gasteiger partial charge in [0.1, 0.15) is 18.2 Å². The van der Waals surface area contributed by atoms with Crippen LogP contribution in [0.2, 0.25) is 5.02 Å². The van der Waals surface area contributed by atoms with Gasteiger partial charge in [0.25, 0.3) is 5.91 Å². The average molecular weight is 373 g/mol. The van der Waals surface area contributed by atoms with Crippen molar-refractivity contribution in [1.29, 1.82) is 0 Å². The lowest BCUT2D eigenvalue weighted by atomic mass is 10.1. The molecule has 128 valence electrons. The van der Waals surface area contributed by atoms with Gasteiger partial charge in [-0.05, 0) is 60.7 Å². The Labute approximate surface area is 155 Å². The number of benzene rings is 1. The number of anilines is 1. The topological polar surface area (TPSA) is 51.2 Å². The number of hydrogen-bond donors (Lipinski definition) is 1. The fraction of sp³-hybridized carbons (Fsp3) is 0.158. The van der Waals surface area contributed by atoms with Crippen molar-refractivity contribution >= 4 is 34.7 Å². The lowest BCUT2D eigenvalue weighted by Gasteiger charge is -2.07. The Morgan fingerprint density at radius 2 is 2.04 bits per heavy atom. The first-order valence-electron chi connectivity index (χ1n) is 7.71. The Balaban J connectivity index is 1.60. The third kappa shape index (κ3) is 4.59. The minimum absolute atomic E-state index is 0.197. The van der Waals surface area contributed by atoms with Gasteiger partial charge >= 0.3 is 0 Å². The monoisotopic (exact) mass is 372 g/mol. The zero-order chi connectivity index (χ0) is 17.8. The Bertz CT molecular complexity index is 891. The number of nitrogens with one attached hydrogen (secondary N) is 1. The molecule has 0 saturated carbocycles. The molecule has 0 fully saturated rings. The summed E-state index contributed by atoms with van der Waals surface area (Å²) in [6.45, 7) is 4.55. The zero-order valence-corrected chi connectivity index (χ0v) is 15.4. The molecule has 25 heavy (non-hydrogen) atoms. The number of thiophene rings is 1. The number of amides is 1. The Hall–Kier alpha value is -2.37. The first-order chi connectivity index (χ1) is 12.0. The number of hydrogen-bond acceptors (Lipinski definition) is 4. The number of carbonyl (C=O) groups is 1. The summed E-state index contributed by atoms with van der Waals surface area (Å²) in [6.07, 6.45) is 1.49. The summed E-state index contributed by atoms with van der Waals surface area (Å²) in [5, 5.41) is 5.20. The van der Waals surface area contributed by atoms with Crippen LogP contribution in [0.3, 0.4) is 0 Å². The molecular formula is C19H17ClN2O2S. The predicted molar refractivity (Wildman–Crippen MR) is 102 cm³/mol. The Morgan fingerprint density at radius 3 is 2.76 bits per heavy atom.